The Hall–Kier alpha value is -2.89. The van der Waals surface area contributed by atoms with Crippen LogP contribution in [0.2, 0.25) is 0 Å². The highest BCUT2D eigenvalue weighted by molar-refractivity contribution is 5.90. The van der Waals surface area contributed by atoms with Gasteiger partial charge in [0.1, 0.15) is 12.2 Å². The first kappa shape index (κ1) is 17.0. The normalized spacial score (nSPS) is 11.1. The van der Waals surface area contributed by atoms with Gasteiger partial charge in [-0.15, -0.1) is 0 Å². The van der Waals surface area contributed by atoms with Gasteiger partial charge < -0.3 is 4.74 Å². The van der Waals surface area contributed by atoms with E-state index in [1.165, 1.54) is 6.20 Å². The Morgan fingerprint density at radius 1 is 1.24 bits per heavy atom. The summed E-state index contributed by atoms with van der Waals surface area (Å²) in [5, 5.41) is 11.3. The lowest BCUT2D eigenvalue weighted by Gasteiger charge is -2.08. The number of ether oxygens (including phenoxy) is 1. The van der Waals surface area contributed by atoms with Crippen molar-refractivity contribution in [2.45, 2.75) is 40.2 Å². The largest absolute Gasteiger partial charge is 0.457 e. The summed E-state index contributed by atoms with van der Waals surface area (Å²) in [6, 6.07) is 9.86. The summed E-state index contributed by atoms with van der Waals surface area (Å²) in [5.41, 5.74) is 5.26. The molecular formula is C19H22N4O2. The number of carbonyl (C=O) groups is 1. The molecule has 0 fully saturated rings. The fraction of sp³-hybridized carbons (Fsp3) is 0.316. The molecule has 0 aliphatic rings. The van der Waals surface area contributed by atoms with E-state index in [1.54, 1.807) is 0 Å². The van der Waals surface area contributed by atoms with Crippen LogP contribution in [0.3, 0.4) is 0 Å². The number of nitrogens with zero attached hydrogens (tertiary/aromatic N) is 3. The lowest BCUT2D eigenvalue weighted by Crippen LogP contribution is -2.08. The predicted octanol–water partition coefficient (Wildman–Crippen LogP) is 3.69. The van der Waals surface area contributed by atoms with E-state index in [0.717, 1.165) is 28.3 Å². The van der Waals surface area contributed by atoms with Gasteiger partial charge in [0.05, 0.1) is 23.3 Å². The van der Waals surface area contributed by atoms with Crippen LogP contribution in [0.1, 0.15) is 52.8 Å². The molecule has 0 saturated heterocycles. The van der Waals surface area contributed by atoms with Crippen LogP contribution in [0.25, 0.3) is 5.69 Å². The molecule has 130 valence electrons. The van der Waals surface area contributed by atoms with Crippen molar-refractivity contribution in [3.63, 3.8) is 0 Å². The number of rotatable bonds is 5. The second kappa shape index (κ2) is 6.93. The standard InChI is InChI=1S/C19H22N4O2/c1-12(2)18-17(10-20-21-18)19(24)25-11-15-5-7-16(8-6-15)23-14(4)9-13(3)22-23/h5-10,12H,11H2,1-4H3,(H,20,21). The Morgan fingerprint density at radius 2 is 1.96 bits per heavy atom. The minimum absolute atomic E-state index is 0.185. The first-order valence-corrected chi connectivity index (χ1v) is 8.28. The zero-order chi connectivity index (χ0) is 18.0. The van der Waals surface area contributed by atoms with Crippen molar-refractivity contribution in [3.05, 3.63) is 64.7 Å². The molecule has 0 spiro atoms. The minimum atomic E-state index is -0.361. The number of aromatic nitrogens is 4. The number of H-pyrrole nitrogens is 1. The van der Waals surface area contributed by atoms with Gasteiger partial charge in [0.15, 0.2) is 0 Å². The predicted molar refractivity (Wildman–Crippen MR) is 94.8 cm³/mol. The van der Waals surface area contributed by atoms with Gasteiger partial charge in [0.2, 0.25) is 0 Å². The summed E-state index contributed by atoms with van der Waals surface area (Å²) in [4.78, 5) is 12.2. The van der Waals surface area contributed by atoms with Gasteiger partial charge in [-0.3, -0.25) is 5.10 Å². The molecule has 2 heterocycles. The molecule has 0 aliphatic heterocycles. The summed E-state index contributed by atoms with van der Waals surface area (Å²) < 4.78 is 7.31. The van der Waals surface area contributed by atoms with Gasteiger partial charge in [-0.05, 0) is 43.5 Å². The molecular weight excluding hydrogens is 316 g/mol. The van der Waals surface area contributed by atoms with Crippen LogP contribution in [0.5, 0.6) is 0 Å². The van der Waals surface area contributed by atoms with Crippen molar-refractivity contribution in [1.29, 1.82) is 0 Å². The molecule has 0 saturated carbocycles. The molecule has 0 amide bonds. The second-order valence-electron chi connectivity index (χ2n) is 6.43. The van der Waals surface area contributed by atoms with E-state index in [2.05, 4.69) is 15.3 Å². The van der Waals surface area contributed by atoms with Crippen LogP contribution >= 0.6 is 0 Å². The molecule has 0 aliphatic carbocycles. The van der Waals surface area contributed by atoms with E-state index in [4.69, 9.17) is 4.74 Å². The number of aryl methyl sites for hydroxylation is 2. The molecule has 6 heteroatoms. The number of hydrogen-bond donors (Lipinski definition) is 1. The number of benzene rings is 1. The summed E-state index contributed by atoms with van der Waals surface area (Å²) in [6.45, 7) is 8.22. The molecule has 0 bridgehead atoms. The second-order valence-corrected chi connectivity index (χ2v) is 6.43. The van der Waals surface area contributed by atoms with Crippen molar-refractivity contribution in [2.75, 3.05) is 0 Å². The van der Waals surface area contributed by atoms with Crippen LogP contribution in [-0.4, -0.2) is 25.9 Å². The number of aromatic amines is 1. The van der Waals surface area contributed by atoms with E-state index in [-0.39, 0.29) is 18.5 Å². The maximum atomic E-state index is 12.2. The molecule has 0 unspecified atom stereocenters. The number of nitrogens with one attached hydrogen (secondary N) is 1. The molecule has 1 aromatic carbocycles. The Morgan fingerprint density at radius 3 is 2.56 bits per heavy atom. The van der Waals surface area contributed by atoms with Gasteiger partial charge in [-0.25, -0.2) is 9.48 Å². The van der Waals surface area contributed by atoms with Gasteiger partial charge in [0.25, 0.3) is 0 Å². The average molecular weight is 338 g/mol. The van der Waals surface area contributed by atoms with Crippen molar-refractivity contribution < 1.29 is 9.53 Å². The summed E-state index contributed by atoms with van der Waals surface area (Å²) in [7, 11) is 0. The summed E-state index contributed by atoms with van der Waals surface area (Å²) in [6.07, 6.45) is 1.52. The minimum Gasteiger partial charge on any atom is -0.457 e. The maximum Gasteiger partial charge on any atom is 0.341 e. The third-order valence-corrected chi connectivity index (χ3v) is 4.03. The van der Waals surface area contributed by atoms with E-state index in [9.17, 15) is 4.79 Å². The first-order valence-electron chi connectivity index (χ1n) is 8.28. The quantitative estimate of drug-likeness (QED) is 0.720. The van der Waals surface area contributed by atoms with Crippen LogP contribution < -0.4 is 0 Å². The van der Waals surface area contributed by atoms with Crippen LogP contribution in [0, 0.1) is 13.8 Å². The highest BCUT2D eigenvalue weighted by Crippen LogP contribution is 2.18. The maximum absolute atomic E-state index is 12.2. The van der Waals surface area contributed by atoms with Gasteiger partial charge >= 0.3 is 5.97 Å². The van der Waals surface area contributed by atoms with E-state index in [1.807, 2.05) is 62.7 Å². The fourth-order valence-electron chi connectivity index (χ4n) is 2.75. The Balaban J connectivity index is 1.67. The lowest BCUT2D eigenvalue weighted by molar-refractivity contribution is 0.0471. The van der Waals surface area contributed by atoms with Crippen LogP contribution in [-0.2, 0) is 11.3 Å². The molecule has 6 nitrogen and oxygen atoms in total. The molecule has 1 N–H and O–H groups in total. The molecule has 25 heavy (non-hydrogen) atoms. The molecule has 0 radical (unpaired) electrons. The van der Waals surface area contributed by atoms with Gasteiger partial charge in [0, 0.05) is 5.69 Å². The van der Waals surface area contributed by atoms with Crippen LogP contribution in [0.4, 0.5) is 0 Å². The zero-order valence-corrected chi connectivity index (χ0v) is 14.9. The number of hydrogen-bond acceptors (Lipinski definition) is 4. The van der Waals surface area contributed by atoms with Crippen molar-refractivity contribution in [2.24, 2.45) is 0 Å². The first-order chi connectivity index (χ1) is 12.0. The lowest BCUT2D eigenvalue weighted by atomic mass is 10.1. The third kappa shape index (κ3) is 3.63. The van der Waals surface area contributed by atoms with Crippen molar-refractivity contribution in [3.8, 4) is 5.69 Å². The van der Waals surface area contributed by atoms with Gasteiger partial charge in [-0.2, -0.15) is 10.2 Å². The van der Waals surface area contributed by atoms with Crippen molar-refractivity contribution >= 4 is 5.97 Å². The fourth-order valence-corrected chi connectivity index (χ4v) is 2.75. The molecule has 3 aromatic rings. The Kier molecular flexibility index (Phi) is 4.70. The molecule has 0 atom stereocenters. The van der Waals surface area contributed by atoms with E-state index < -0.39 is 0 Å². The number of esters is 1. The monoisotopic (exact) mass is 338 g/mol. The highest BCUT2D eigenvalue weighted by atomic mass is 16.5. The zero-order valence-electron chi connectivity index (χ0n) is 14.9. The Bertz CT molecular complexity index is 875. The molecule has 2 aromatic heterocycles. The van der Waals surface area contributed by atoms with E-state index in [0.29, 0.717) is 5.56 Å². The Labute approximate surface area is 146 Å². The SMILES string of the molecule is Cc1cc(C)n(-c2ccc(COC(=O)c3cn[nH]c3C(C)C)cc2)n1. The smallest absolute Gasteiger partial charge is 0.341 e. The summed E-state index contributed by atoms with van der Waals surface area (Å²) >= 11 is 0. The average Bonchev–Trinajstić information content (AvgIpc) is 3.19. The number of carbonyl (C=O) groups excluding carboxylic acids is 1. The van der Waals surface area contributed by atoms with Crippen LogP contribution in [0.15, 0.2) is 36.5 Å². The van der Waals surface area contributed by atoms with Gasteiger partial charge in [-0.1, -0.05) is 26.0 Å². The summed E-state index contributed by atoms with van der Waals surface area (Å²) in [5.74, 6) is -0.176. The molecule has 3 rings (SSSR count). The van der Waals surface area contributed by atoms with E-state index >= 15 is 0 Å². The van der Waals surface area contributed by atoms with Crippen molar-refractivity contribution in [1.82, 2.24) is 20.0 Å². The highest BCUT2D eigenvalue weighted by Gasteiger charge is 2.17. The third-order valence-electron chi connectivity index (χ3n) is 4.03. The topological polar surface area (TPSA) is 72.8 Å².